The molecular weight excluding hydrogens is 318 g/mol. The number of anilines is 2. The molecule has 0 bridgehead atoms. The lowest BCUT2D eigenvalue weighted by molar-refractivity contribution is 0.251. The first kappa shape index (κ1) is 16.4. The van der Waals surface area contributed by atoms with E-state index in [0.29, 0.717) is 18.1 Å². The minimum absolute atomic E-state index is 0.301. The van der Waals surface area contributed by atoms with Gasteiger partial charge in [-0.2, -0.15) is 5.10 Å². The topological polar surface area (TPSA) is 88.0 Å². The second kappa shape index (κ2) is 7.43. The molecule has 3 aromatic rings. The van der Waals surface area contributed by atoms with Crippen molar-refractivity contribution < 1.29 is 4.79 Å². The highest BCUT2D eigenvalue weighted by Gasteiger charge is 2.04. The van der Waals surface area contributed by atoms with Crippen molar-refractivity contribution in [3.8, 4) is 5.82 Å². The van der Waals surface area contributed by atoms with Gasteiger partial charge in [-0.25, -0.2) is 19.4 Å². The van der Waals surface area contributed by atoms with Gasteiger partial charge < -0.3 is 15.5 Å². The van der Waals surface area contributed by atoms with Crippen molar-refractivity contribution in [2.45, 2.75) is 6.54 Å². The van der Waals surface area contributed by atoms with Gasteiger partial charge in [-0.3, -0.25) is 0 Å². The van der Waals surface area contributed by atoms with Gasteiger partial charge in [0.25, 0.3) is 0 Å². The molecule has 8 nitrogen and oxygen atoms in total. The number of nitrogens with one attached hydrogen (secondary N) is 2. The monoisotopic (exact) mass is 337 g/mol. The molecule has 3 aromatic heterocycles. The Kier molecular flexibility index (Phi) is 4.89. The van der Waals surface area contributed by atoms with E-state index in [1.165, 1.54) is 0 Å². The molecule has 128 valence electrons. The fourth-order valence-corrected chi connectivity index (χ4v) is 2.14. The third-order valence-electron chi connectivity index (χ3n) is 3.47. The predicted molar refractivity (Wildman–Crippen MR) is 95.8 cm³/mol. The van der Waals surface area contributed by atoms with E-state index in [0.717, 1.165) is 11.4 Å². The van der Waals surface area contributed by atoms with Crippen LogP contribution < -0.4 is 15.5 Å². The summed E-state index contributed by atoms with van der Waals surface area (Å²) in [5.41, 5.74) is 1.53. The number of urea groups is 1. The van der Waals surface area contributed by atoms with Gasteiger partial charge in [-0.1, -0.05) is 6.07 Å². The number of hydrogen-bond donors (Lipinski definition) is 2. The Labute approximate surface area is 145 Å². The first-order chi connectivity index (χ1) is 12.1. The van der Waals surface area contributed by atoms with Crippen molar-refractivity contribution in [3.05, 3.63) is 60.7 Å². The molecule has 3 heterocycles. The molecule has 0 fully saturated rings. The van der Waals surface area contributed by atoms with Crippen molar-refractivity contribution in [2.75, 3.05) is 24.3 Å². The second-order valence-corrected chi connectivity index (χ2v) is 5.58. The maximum Gasteiger partial charge on any atom is 0.319 e. The van der Waals surface area contributed by atoms with Gasteiger partial charge in [0.2, 0.25) is 0 Å². The fourth-order valence-electron chi connectivity index (χ4n) is 2.14. The Bertz CT molecular complexity index is 811. The highest BCUT2D eigenvalue weighted by Crippen LogP contribution is 2.10. The van der Waals surface area contributed by atoms with Crippen molar-refractivity contribution in [2.24, 2.45) is 0 Å². The van der Waals surface area contributed by atoms with E-state index in [1.54, 1.807) is 41.6 Å². The summed E-state index contributed by atoms with van der Waals surface area (Å²) in [6, 6.07) is 8.92. The minimum Gasteiger partial charge on any atom is -0.363 e. The van der Waals surface area contributed by atoms with Crippen LogP contribution in [0.5, 0.6) is 0 Å². The van der Waals surface area contributed by atoms with Crippen LogP contribution in [0.3, 0.4) is 0 Å². The molecule has 0 aliphatic heterocycles. The van der Waals surface area contributed by atoms with Crippen LogP contribution in [0.25, 0.3) is 5.82 Å². The quantitative estimate of drug-likeness (QED) is 0.744. The molecule has 2 N–H and O–H groups in total. The van der Waals surface area contributed by atoms with E-state index >= 15 is 0 Å². The summed E-state index contributed by atoms with van der Waals surface area (Å²) in [5, 5.41) is 9.64. The van der Waals surface area contributed by atoms with Crippen LogP contribution in [-0.2, 0) is 6.54 Å². The third kappa shape index (κ3) is 4.31. The Morgan fingerprint density at radius 1 is 1.16 bits per heavy atom. The van der Waals surface area contributed by atoms with Crippen molar-refractivity contribution in [3.63, 3.8) is 0 Å². The lowest BCUT2D eigenvalue weighted by Gasteiger charge is -2.12. The second-order valence-electron chi connectivity index (χ2n) is 5.58. The third-order valence-corrected chi connectivity index (χ3v) is 3.47. The van der Waals surface area contributed by atoms with E-state index < -0.39 is 0 Å². The molecule has 0 radical (unpaired) electrons. The summed E-state index contributed by atoms with van der Waals surface area (Å²) >= 11 is 0. The van der Waals surface area contributed by atoms with Crippen LogP contribution in [0.1, 0.15) is 5.56 Å². The predicted octanol–water partition coefficient (Wildman–Crippen LogP) is 2.05. The highest BCUT2D eigenvalue weighted by molar-refractivity contribution is 5.89. The Morgan fingerprint density at radius 2 is 2.04 bits per heavy atom. The number of carbonyl (C=O) groups excluding carboxylic acids is 1. The molecule has 0 aliphatic carbocycles. The summed E-state index contributed by atoms with van der Waals surface area (Å²) in [5.74, 6) is 1.56. The van der Waals surface area contributed by atoms with E-state index in [2.05, 4.69) is 25.7 Å². The van der Waals surface area contributed by atoms with Gasteiger partial charge in [-0.15, -0.1) is 0 Å². The number of carbonyl (C=O) groups is 1. The average Bonchev–Trinajstić information content (AvgIpc) is 3.15. The molecule has 0 spiro atoms. The van der Waals surface area contributed by atoms with E-state index in [1.807, 2.05) is 37.2 Å². The van der Waals surface area contributed by atoms with Gasteiger partial charge >= 0.3 is 6.03 Å². The molecule has 0 atom stereocenters. The van der Waals surface area contributed by atoms with Gasteiger partial charge in [0.05, 0.1) is 11.9 Å². The first-order valence-electron chi connectivity index (χ1n) is 7.75. The van der Waals surface area contributed by atoms with Gasteiger partial charge in [0.15, 0.2) is 5.82 Å². The normalized spacial score (nSPS) is 10.3. The molecule has 0 saturated heterocycles. The molecule has 2 amide bonds. The number of hydrogen-bond acceptors (Lipinski definition) is 5. The number of amides is 2. The lowest BCUT2D eigenvalue weighted by Crippen LogP contribution is -2.28. The van der Waals surface area contributed by atoms with Crippen LogP contribution in [0, 0.1) is 0 Å². The molecule has 0 unspecified atom stereocenters. The standard InChI is InChI=1S/C17H19N7O/c1-23(2)15-6-4-13(10-18-15)11-20-17(25)22-14-5-7-16(19-12-14)24-9-3-8-21-24/h3-10,12H,11H2,1-2H3,(H2,20,22,25). The van der Waals surface area contributed by atoms with E-state index in [9.17, 15) is 4.79 Å². The first-order valence-corrected chi connectivity index (χ1v) is 7.75. The van der Waals surface area contributed by atoms with Crippen LogP contribution >= 0.6 is 0 Å². The van der Waals surface area contributed by atoms with Crippen molar-refractivity contribution in [1.82, 2.24) is 25.1 Å². The van der Waals surface area contributed by atoms with Crippen LogP contribution in [0.2, 0.25) is 0 Å². The molecule has 8 heteroatoms. The minimum atomic E-state index is -0.301. The largest absolute Gasteiger partial charge is 0.363 e. The summed E-state index contributed by atoms with van der Waals surface area (Å²) in [6.07, 6.45) is 6.82. The molecule has 0 saturated carbocycles. The maximum atomic E-state index is 12.0. The summed E-state index contributed by atoms with van der Waals surface area (Å²) in [4.78, 5) is 22.5. The van der Waals surface area contributed by atoms with E-state index in [4.69, 9.17) is 0 Å². The van der Waals surface area contributed by atoms with Crippen molar-refractivity contribution >= 4 is 17.5 Å². The summed E-state index contributed by atoms with van der Waals surface area (Å²) in [7, 11) is 3.86. The zero-order valence-corrected chi connectivity index (χ0v) is 14.0. The number of aromatic nitrogens is 4. The number of rotatable bonds is 5. The Morgan fingerprint density at radius 3 is 2.64 bits per heavy atom. The van der Waals surface area contributed by atoms with Gasteiger partial charge in [0.1, 0.15) is 5.82 Å². The van der Waals surface area contributed by atoms with E-state index in [-0.39, 0.29) is 6.03 Å². The van der Waals surface area contributed by atoms with Crippen LogP contribution in [0.15, 0.2) is 55.1 Å². The molecule has 3 rings (SSSR count). The summed E-state index contributed by atoms with van der Waals surface area (Å²) < 4.78 is 1.65. The number of nitrogens with zero attached hydrogens (tertiary/aromatic N) is 5. The van der Waals surface area contributed by atoms with Crippen LogP contribution in [-0.4, -0.2) is 39.9 Å². The van der Waals surface area contributed by atoms with Crippen molar-refractivity contribution in [1.29, 1.82) is 0 Å². The zero-order chi connectivity index (χ0) is 17.6. The Hall–Kier alpha value is -3.42. The smallest absolute Gasteiger partial charge is 0.319 e. The SMILES string of the molecule is CN(C)c1ccc(CNC(=O)Nc2ccc(-n3cccn3)nc2)cn1. The zero-order valence-electron chi connectivity index (χ0n) is 14.0. The lowest BCUT2D eigenvalue weighted by atomic mass is 10.3. The summed E-state index contributed by atoms with van der Waals surface area (Å²) in [6.45, 7) is 0.394. The molecule has 0 aromatic carbocycles. The molecule has 25 heavy (non-hydrogen) atoms. The van der Waals surface area contributed by atoms with Gasteiger partial charge in [-0.05, 0) is 29.8 Å². The van der Waals surface area contributed by atoms with Crippen LogP contribution in [0.4, 0.5) is 16.3 Å². The fraction of sp³-hybridized carbons (Fsp3) is 0.176. The Balaban J connectivity index is 1.52. The molecular formula is C17H19N7O. The molecule has 0 aliphatic rings. The highest BCUT2D eigenvalue weighted by atomic mass is 16.2. The maximum absolute atomic E-state index is 12.0. The average molecular weight is 337 g/mol. The van der Waals surface area contributed by atoms with Gasteiger partial charge in [0, 0.05) is 39.2 Å². The number of pyridine rings is 2.